The van der Waals surface area contributed by atoms with E-state index < -0.39 is 97.5 Å². The highest BCUT2D eigenvalue weighted by Gasteiger charge is 2.30. The standard InChI is InChI=1S/C71H138O17P2/c1-5-9-13-17-21-25-27-29-30-31-32-33-34-36-38-42-46-50-54-58-71(76)88-67(62-82-69(74)56-52-48-44-41-37-35-28-26-22-18-14-10-6-2)64-86-90(79,80)84-60-65(72)59-83-89(77,78)85-63-66(87-70(75)57-53-49-45-40-24-20-16-12-8-4)61-81-68(73)55-51-47-43-39-23-19-15-11-7-3/h65-67,72H,5-64H2,1-4H3,(H,77,78)(H,79,80)/t65-,66+,67+/m0/s1. The van der Waals surface area contributed by atoms with Gasteiger partial charge in [0.25, 0.3) is 0 Å². The first-order chi connectivity index (χ1) is 43.7. The molecule has 0 radical (unpaired) electrons. The van der Waals surface area contributed by atoms with Crippen LogP contribution in [0.5, 0.6) is 0 Å². The summed E-state index contributed by atoms with van der Waals surface area (Å²) in [5.41, 5.74) is 0. The van der Waals surface area contributed by atoms with E-state index in [0.717, 1.165) is 89.9 Å². The van der Waals surface area contributed by atoms with Gasteiger partial charge >= 0.3 is 39.5 Å². The number of ether oxygens (including phenoxy) is 4. The van der Waals surface area contributed by atoms with Crippen LogP contribution < -0.4 is 0 Å². The minimum Gasteiger partial charge on any atom is -0.462 e. The van der Waals surface area contributed by atoms with Crippen molar-refractivity contribution in [1.29, 1.82) is 0 Å². The van der Waals surface area contributed by atoms with E-state index in [2.05, 4.69) is 27.7 Å². The molecule has 0 aliphatic heterocycles. The molecule has 534 valence electrons. The second-order valence-electron chi connectivity index (χ2n) is 25.6. The van der Waals surface area contributed by atoms with Crippen molar-refractivity contribution in [1.82, 2.24) is 0 Å². The average Bonchev–Trinajstić information content (AvgIpc) is 3.49. The summed E-state index contributed by atoms with van der Waals surface area (Å²) in [6, 6.07) is 0. The van der Waals surface area contributed by atoms with Crippen LogP contribution in [-0.4, -0.2) is 96.7 Å². The van der Waals surface area contributed by atoms with E-state index in [0.29, 0.717) is 25.7 Å². The lowest BCUT2D eigenvalue weighted by molar-refractivity contribution is -0.161. The van der Waals surface area contributed by atoms with Gasteiger partial charge in [0, 0.05) is 25.7 Å². The number of carbonyl (C=O) groups is 4. The number of phosphoric acid groups is 2. The van der Waals surface area contributed by atoms with Crippen LogP contribution in [0.3, 0.4) is 0 Å². The first-order valence-electron chi connectivity index (χ1n) is 37.3. The number of aliphatic hydroxyl groups is 1. The summed E-state index contributed by atoms with van der Waals surface area (Å²) in [4.78, 5) is 72.4. The van der Waals surface area contributed by atoms with Crippen molar-refractivity contribution >= 4 is 39.5 Å². The lowest BCUT2D eigenvalue weighted by Crippen LogP contribution is -2.30. The van der Waals surface area contributed by atoms with Gasteiger partial charge in [-0.1, -0.05) is 323 Å². The van der Waals surface area contributed by atoms with Gasteiger partial charge in [-0.15, -0.1) is 0 Å². The summed E-state index contributed by atoms with van der Waals surface area (Å²) in [6.45, 7) is 4.92. The molecule has 2 unspecified atom stereocenters. The third kappa shape index (κ3) is 64.8. The monoisotopic (exact) mass is 1320 g/mol. The predicted octanol–water partition coefficient (Wildman–Crippen LogP) is 20.7. The number of unbranched alkanes of at least 4 members (excludes halogenated alkanes) is 46. The van der Waals surface area contributed by atoms with Gasteiger partial charge in [0.1, 0.15) is 19.3 Å². The smallest absolute Gasteiger partial charge is 0.462 e. The molecule has 0 spiro atoms. The topological polar surface area (TPSA) is 237 Å². The molecule has 0 aromatic rings. The molecule has 0 aliphatic rings. The van der Waals surface area contributed by atoms with Crippen molar-refractivity contribution in [3.8, 4) is 0 Å². The number of hydrogen-bond acceptors (Lipinski definition) is 15. The summed E-state index contributed by atoms with van der Waals surface area (Å²) in [5.74, 6) is -2.12. The number of esters is 4. The summed E-state index contributed by atoms with van der Waals surface area (Å²) in [5, 5.41) is 10.6. The van der Waals surface area contributed by atoms with E-state index >= 15 is 0 Å². The normalized spacial score (nSPS) is 14.0. The summed E-state index contributed by atoms with van der Waals surface area (Å²) in [7, 11) is -9.89. The van der Waals surface area contributed by atoms with Gasteiger partial charge in [-0.2, -0.15) is 0 Å². The molecule has 0 amide bonds. The molecule has 0 aromatic carbocycles. The van der Waals surface area contributed by atoms with E-state index in [1.165, 1.54) is 205 Å². The van der Waals surface area contributed by atoms with Gasteiger partial charge < -0.3 is 33.8 Å². The Balaban J connectivity index is 5.18. The zero-order valence-corrected chi connectivity index (χ0v) is 59.9. The van der Waals surface area contributed by atoms with Crippen LogP contribution in [0.25, 0.3) is 0 Å². The first kappa shape index (κ1) is 88.1. The molecule has 0 fully saturated rings. The average molecular weight is 1330 g/mol. The van der Waals surface area contributed by atoms with Crippen molar-refractivity contribution < 1.29 is 80.2 Å². The highest BCUT2D eigenvalue weighted by Crippen LogP contribution is 2.45. The molecule has 0 aliphatic carbocycles. The molecule has 0 aromatic heterocycles. The largest absolute Gasteiger partial charge is 0.472 e. The number of carbonyl (C=O) groups excluding carboxylic acids is 4. The maximum absolute atomic E-state index is 13.0. The van der Waals surface area contributed by atoms with Crippen LogP contribution >= 0.6 is 15.6 Å². The van der Waals surface area contributed by atoms with Gasteiger partial charge in [-0.3, -0.25) is 37.3 Å². The van der Waals surface area contributed by atoms with E-state index in [1.807, 2.05) is 0 Å². The third-order valence-electron chi connectivity index (χ3n) is 16.6. The predicted molar refractivity (Wildman–Crippen MR) is 363 cm³/mol. The Labute approximate surface area is 549 Å². The highest BCUT2D eigenvalue weighted by atomic mass is 31.2. The first-order valence-corrected chi connectivity index (χ1v) is 40.3. The molecule has 90 heavy (non-hydrogen) atoms. The van der Waals surface area contributed by atoms with Crippen LogP contribution in [0, 0.1) is 0 Å². The van der Waals surface area contributed by atoms with E-state index in [4.69, 9.17) is 37.0 Å². The molecule has 19 heteroatoms. The number of aliphatic hydroxyl groups excluding tert-OH is 1. The van der Waals surface area contributed by atoms with E-state index in [1.54, 1.807) is 0 Å². The summed E-state index contributed by atoms with van der Waals surface area (Å²) in [6.07, 6.45) is 54.1. The SMILES string of the molecule is CCCCCCCCCCCCCCCCCCCCCC(=O)O[C@H](COC(=O)CCCCCCCCCCCCCCC)COP(=O)(O)OC[C@@H](O)COP(=O)(O)OC[C@@H](COC(=O)CCCCCCCCCCC)OC(=O)CCCCCCCCCCC. The fourth-order valence-electron chi connectivity index (χ4n) is 10.9. The molecule has 0 rings (SSSR count). The van der Waals surface area contributed by atoms with Crippen LogP contribution in [0.2, 0.25) is 0 Å². The molecule has 0 saturated heterocycles. The lowest BCUT2D eigenvalue weighted by atomic mass is 10.0. The van der Waals surface area contributed by atoms with Crippen LogP contribution in [0.15, 0.2) is 0 Å². The Morgan fingerprint density at radius 3 is 0.656 bits per heavy atom. The van der Waals surface area contributed by atoms with Crippen LogP contribution in [-0.2, 0) is 65.4 Å². The maximum atomic E-state index is 13.0. The minimum atomic E-state index is -4.95. The Hall–Kier alpha value is -1.94. The lowest BCUT2D eigenvalue weighted by Gasteiger charge is -2.21. The quantitative estimate of drug-likeness (QED) is 0.0222. The Morgan fingerprint density at radius 1 is 0.267 bits per heavy atom. The van der Waals surface area contributed by atoms with Crippen molar-refractivity contribution in [3.05, 3.63) is 0 Å². The van der Waals surface area contributed by atoms with Crippen molar-refractivity contribution in [2.75, 3.05) is 39.6 Å². The fraction of sp³-hybridized carbons (Fsp3) is 0.944. The van der Waals surface area contributed by atoms with Crippen LogP contribution in [0.4, 0.5) is 0 Å². The van der Waals surface area contributed by atoms with Crippen molar-refractivity contribution in [3.63, 3.8) is 0 Å². The highest BCUT2D eigenvalue weighted by molar-refractivity contribution is 7.47. The molecule has 0 saturated carbocycles. The van der Waals surface area contributed by atoms with E-state index in [-0.39, 0.29) is 25.7 Å². The Morgan fingerprint density at radius 2 is 0.444 bits per heavy atom. The van der Waals surface area contributed by atoms with Crippen molar-refractivity contribution in [2.24, 2.45) is 0 Å². The molecular weight excluding hydrogens is 1190 g/mol. The second-order valence-corrected chi connectivity index (χ2v) is 28.5. The maximum Gasteiger partial charge on any atom is 0.472 e. The Kier molecular flexibility index (Phi) is 64.3. The van der Waals surface area contributed by atoms with Gasteiger partial charge in [0.2, 0.25) is 0 Å². The van der Waals surface area contributed by atoms with Crippen LogP contribution in [0.1, 0.15) is 374 Å². The molecule has 0 heterocycles. The fourth-order valence-corrected chi connectivity index (χ4v) is 12.4. The number of rotatable bonds is 72. The molecule has 3 N–H and O–H groups in total. The van der Waals surface area contributed by atoms with Gasteiger partial charge in [-0.25, -0.2) is 9.13 Å². The minimum absolute atomic E-state index is 0.106. The number of hydrogen-bond donors (Lipinski definition) is 3. The molecule has 5 atom stereocenters. The van der Waals surface area contributed by atoms with Crippen molar-refractivity contribution in [2.45, 2.75) is 393 Å². The zero-order chi connectivity index (χ0) is 66.1. The molecular formula is C71H138O17P2. The van der Waals surface area contributed by atoms with Gasteiger partial charge in [0.05, 0.1) is 26.4 Å². The third-order valence-corrected chi connectivity index (χ3v) is 18.5. The molecule has 17 nitrogen and oxygen atoms in total. The second kappa shape index (κ2) is 65.7. The molecule has 0 bridgehead atoms. The zero-order valence-electron chi connectivity index (χ0n) is 58.1. The summed E-state index contributed by atoms with van der Waals surface area (Å²) < 4.78 is 68.2. The summed E-state index contributed by atoms with van der Waals surface area (Å²) >= 11 is 0. The van der Waals surface area contributed by atoms with Gasteiger partial charge in [-0.05, 0) is 25.7 Å². The Bertz CT molecular complexity index is 1720. The van der Waals surface area contributed by atoms with E-state index in [9.17, 15) is 43.2 Å². The van der Waals surface area contributed by atoms with Gasteiger partial charge in [0.15, 0.2) is 12.2 Å². The number of phosphoric ester groups is 2.